The van der Waals surface area contributed by atoms with Crippen LogP contribution >= 0.6 is 0 Å². The average Bonchev–Trinajstić information content (AvgIpc) is 2.75. The average molecular weight is 235 g/mol. The molecule has 0 aromatic carbocycles. The molecule has 1 aromatic heterocycles. The Hall–Kier alpha value is -1.65. The lowest BCUT2D eigenvalue weighted by Gasteiger charge is -2.12. The highest BCUT2D eigenvalue weighted by molar-refractivity contribution is 5.76. The molecule has 1 aromatic rings. The molecule has 0 spiro atoms. The summed E-state index contributed by atoms with van der Waals surface area (Å²) < 4.78 is 1.33. The van der Waals surface area contributed by atoms with Gasteiger partial charge in [0.25, 0.3) is 0 Å². The summed E-state index contributed by atoms with van der Waals surface area (Å²) in [6.07, 6.45) is 6.06. The van der Waals surface area contributed by atoms with Crippen LogP contribution in [0.15, 0.2) is 17.1 Å². The minimum absolute atomic E-state index is 0.0581. The van der Waals surface area contributed by atoms with Gasteiger partial charge in [0.2, 0.25) is 5.91 Å². The molecule has 1 amide bonds. The van der Waals surface area contributed by atoms with Crippen molar-refractivity contribution in [3.8, 4) is 0 Å². The SMILES string of the molecule is Cc1ccn(CC(=O)NC2CCCC2)c(=O)n1. The van der Waals surface area contributed by atoms with E-state index in [1.165, 1.54) is 17.4 Å². The fraction of sp³-hybridized carbons (Fsp3) is 0.583. The van der Waals surface area contributed by atoms with Gasteiger partial charge in [-0.1, -0.05) is 12.8 Å². The van der Waals surface area contributed by atoms with Gasteiger partial charge in [-0.25, -0.2) is 4.79 Å². The Morgan fingerprint density at radius 3 is 2.88 bits per heavy atom. The van der Waals surface area contributed by atoms with Crippen molar-refractivity contribution in [2.24, 2.45) is 0 Å². The molecular weight excluding hydrogens is 218 g/mol. The summed E-state index contributed by atoms with van der Waals surface area (Å²) >= 11 is 0. The minimum atomic E-state index is -0.369. The highest BCUT2D eigenvalue weighted by Crippen LogP contribution is 2.17. The highest BCUT2D eigenvalue weighted by Gasteiger charge is 2.17. The van der Waals surface area contributed by atoms with E-state index in [1.807, 2.05) is 0 Å². The van der Waals surface area contributed by atoms with Crippen LogP contribution in [-0.2, 0) is 11.3 Å². The Kier molecular flexibility index (Phi) is 3.56. The van der Waals surface area contributed by atoms with E-state index in [0.29, 0.717) is 5.69 Å². The van der Waals surface area contributed by atoms with Crippen LogP contribution in [0, 0.1) is 6.92 Å². The number of nitrogens with one attached hydrogen (secondary N) is 1. The monoisotopic (exact) mass is 235 g/mol. The van der Waals surface area contributed by atoms with Crippen LogP contribution in [0.1, 0.15) is 31.4 Å². The second-order valence-corrected chi connectivity index (χ2v) is 4.53. The van der Waals surface area contributed by atoms with Crippen molar-refractivity contribution in [3.63, 3.8) is 0 Å². The quantitative estimate of drug-likeness (QED) is 0.835. The van der Waals surface area contributed by atoms with Gasteiger partial charge < -0.3 is 5.32 Å². The molecule has 2 rings (SSSR count). The second-order valence-electron chi connectivity index (χ2n) is 4.53. The molecular formula is C12H17N3O2. The van der Waals surface area contributed by atoms with Crippen LogP contribution in [0.2, 0.25) is 0 Å². The Morgan fingerprint density at radius 1 is 1.53 bits per heavy atom. The van der Waals surface area contributed by atoms with Crippen molar-refractivity contribution in [1.82, 2.24) is 14.9 Å². The number of carbonyl (C=O) groups is 1. The molecule has 0 bridgehead atoms. The van der Waals surface area contributed by atoms with Crippen LogP contribution in [0.4, 0.5) is 0 Å². The normalized spacial score (nSPS) is 16.1. The number of amides is 1. The number of carbonyl (C=O) groups excluding carboxylic acids is 1. The zero-order chi connectivity index (χ0) is 12.3. The van der Waals surface area contributed by atoms with Gasteiger partial charge >= 0.3 is 5.69 Å². The molecule has 1 aliphatic carbocycles. The molecule has 1 fully saturated rings. The third-order valence-electron chi connectivity index (χ3n) is 3.05. The molecule has 0 unspecified atom stereocenters. The maximum absolute atomic E-state index is 11.7. The molecule has 1 saturated carbocycles. The van der Waals surface area contributed by atoms with E-state index < -0.39 is 0 Å². The fourth-order valence-corrected chi connectivity index (χ4v) is 2.13. The van der Waals surface area contributed by atoms with E-state index in [2.05, 4.69) is 10.3 Å². The van der Waals surface area contributed by atoms with Crippen LogP contribution in [0.3, 0.4) is 0 Å². The largest absolute Gasteiger partial charge is 0.352 e. The van der Waals surface area contributed by atoms with Crippen molar-refractivity contribution in [1.29, 1.82) is 0 Å². The summed E-state index contributed by atoms with van der Waals surface area (Å²) in [6, 6.07) is 2.01. The van der Waals surface area contributed by atoms with Crippen molar-refractivity contribution < 1.29 is 4.79 Å². The second kappa shape index (κ2) is 5.12. The number of nitrogens with zero attached hydrogens (tertiary/aromatic N) is 2. The summed E-state index contributed by atoms with van der Waals surface area (Å²) in [5.41, 5.74) is 0.300. The predicted molar refractivity (Wildman–Crippen MR) is 63.6 cm³/mol. The van der Waals surface area contributed by atoms with Crippen LogP contribution in [0.5, 0.6) is 0 Å². The Morgan fingerprint density at radius 2 is 2.24 bits per heavy atom. The van der Waals surface area contributed by atoms with Gasteiger partial charge in [-0.05, 0) is 25.8 Å². The third-order valence-corrected chi connectivity index (χ3v) is 3.05. The Balaban J connectivity index is 1.95. The molecule has 92 valence electrons. The summed E-state index contributed by atoms with van der Waals surface area (Å²) in [6.45, 7) is 1.81. The molecule has 0 aliphatic heterocycles. The lowest BCUT2D eigenvalue weighted by Crippen LogP contribution is -2.37. The number of hydrogen-bond acceptors (Lipinski definition) is 3. The summed E-state index contributed by atoms with van der Waals surface area (Å²) in [7, 11) is 0. The summed E-state index contributed by atoms with van der Waals surface area (Å²) in [4.78, 5) is 27.0. The molecule has 1 N–H and O–H groups in total. The molecule has 5 nitrogen and oxygen atoms in total. The van der Waals surface area contributed by atoms with Crippen molar-refractivity contribution >= 4 is 5.91 Å². The molecule has 0 saturated heterocycles. The number of aromatic nitrogens is 2. The number of hydrogen-bond donors (Lipinski definition) is 1. The first-order valence-corrected chi connectivity index (χ1v) is 5.98. The van der Waals surface area contributed by atoms with Crippen LogP contribution in [-0.4, -0.2) is 21.5 Å². The zero-order valence-corrected chi connectivity index (χ0v) is 9.98. The van der Waals surface area contributed by atoms with Gasteiger partial charge in [0.05, 0.1) is 0 Å². The number of rotatable bonds is 3. The summed E-state index contributed by atoms with van der Waals surface area (Å²) in [5.74, 6) is -0.107. The zero-order valence-electron chi connectivity index (χ0n) is 9.98. The topological polar surface area (TPSA) is 64.0 Å². The summed E-state index contributed by atoms with van der Waals surface area (Å²) in [5, 5.41) is 2.94. The van der Waals surface area contributed by atoms with E-state index in [0.717, 1.165) is 12.8 Å². The standard InChI is InChI=1S/C12H17N3O2/c1-9-6-7-15(12(17)13-9)8-11(16)14-10-4-2-3-5-10/h6-7,10H,2-5,8H2,1H3,(H,14,16). The molecule has 1 heterocycles. The smallest absolute Gasteiger partial charge is 0.348 e. The van der Waals surface area contributed by atoms with E-state index in [4.69, 9.17) is 0 Å². The van der Waals surface area contributed by atoms with Crippen LogP contribution in [0.25, 0.3) is 0 Å². The van der Waals surface area contributed by atoms with Gasteiger partial charge in [-0.2, -0.15) is 4.98 Å². The van der Waals surface area contributed by atoms with Gasteiger partial charge in [0.1, 0.15) is 6.54 Å². The van der Waals surface area contributed by atoms with Gasteiger partial charge in [0, 0.05) is 17.9 Å². The first kappa shape index (κ1) is 11.8. The molecule has 1 aliphatic rings. The lowest BCUT2D eigenvalue weighted by molar-refractivity contribution is -0.122. The minimum Gasteiger partial charge on any atom is -0.352 e. The molecule has 0 atom stereocenters. The van der Waals surface area contributed by atoms with E-state index >= 15 is 0 Å². The fourth-order valence-electron chi connectivity index (χ4n) is 2.13. The van der Waals surface area contributed by atoms with Crippen molar-refractivity contribution in [2.45, 2.75) is 45.2 Å². The Bertz CT molecular complexity index is 461. The van der Waals surface area contributed by atoms with E-state index in [9.17, 15) is 9.59 Å². The molecule has 5 heteroatoms. The van der Waals surface area contributed by atoms with Gasteiger partial charge in [-0.3, -0.25) is 9.36 Å². The van der Waals surface area contributed by atoms with Gasteiger partial charge in [0.15, 0.2) is 0 Å². The van der Waals surface area contributed by atoms with Crippen molar-refractivity contribution in [2.75, 3.05) is 0 Å². The van der Waals surface area contributed by atoms with Crippen LogP contribution < -0.4 is 11.0 Å². The predicted octanol–water partition coefficient (Wildman–Crippen LogP) is 0.611. The Labute approximate surface area is 99.9 Å². The lowest BCUT2D eigenvalue weighted by atomic mass is 10.2. The van der Waals surface area contributed by atoms with Gasteiger partial charge in [-0.15, -0.1) is 0 Å². The maximum atomic E-state index is 11.7. The first-order valence-electron chi connectivity index (χ1n) is 5.98. The third kappa shape index (κ3) is 3.15. The number of aryl methyl sites for hydroxylation is 1. The highest BCUT2D eigenvalue weighted by atomic mass is 16.2. The first-order chi connectivity index (χ1) is 8.15. The van der Waals surface area contributed by atoms with E-state index in [-0.39, 0.29) is 24.2 Å². The van der Waals surface area contributed by atoms with E-state index in [1.54, 1.807) is 19.2 Å². The molecule has 17 heavy (non-hydrogen) atoms. The molecule has 0 radical (unpaired) electrons. The maximum Gasteiger partial charge on any atom is 0.348 e. The van der Waals surface area contributed by atoms with Crippen molar-refractivity contribution in [3.05, 3.63) is 28.4 Å².